The van der Waals surface area contributed by atoms with Crippen LogP contribution in [0.4, 0.5) is 11.4 Å². The molecule has 0 bridgehead atoms. The van der Waals surface area contributed by atoms with Gasteiger partial charge in [0.15, 0.2) is 0 Å². The lowest BCUT2D eigenvalue weighted by Crippen LogP contribution is -2.36. The third kappa shape index (κ3) is 2.37. The Labute approximate surface area is 129 Å². The van der Waals surface area contributed by atoms with Gasteiger partial charge in [0.2, 0.25) is 5.91 Å². The van der Waals surface area contributed by atoms with Crippen molar-refractivity contribution in [2.24, 2.45) is 0 Å². The van der Waals surface area contributed by atoms with Crippen LogP contribution in [0, 0.1) is 6.92 Å². The van der Waals surface area contributed by atoms with Gasteiger partial charge in [0.1, 0.15) is 0 Å². The third-order valence-electron chi connectivity index (χ3n) is 3.96. The minimum Gasteiger partial charge on any atom is -0.383 e. The lowest BCUT2D eigenvalue weighted by molar-refractivity contribution is -0.115. The fraction of sp³-hybridized carbons (Fsp3) is 0.222. The molecule has 0 spiro atoms. The minimum absolute atomic E-state index is 0.282. The first-order valence-corrected chi connectivity index (χ1v) is 7.36. The molecule has 1 N–H and O–H groups in total. The van der Waals surface area contributed by atoms with Crippen molar-refractivity contribution >= 4 is 23.2 Å². The Morgan fingerprint density at radius 2 is 1.86 bits per heavy atom. The van der Waals surface area contributed by atoms with E-state index in [1.165, 1.54) is 11.8 Å². The lowest BCUT2D eigenvalue weighted by Gasteiger charge is -2.22. The van der Waals surface area contributed by atoms with Crippen molar-refractivity contribution in [1.29, 1.82) is 0 Å². The molecule has 1 aliphatic heterocycles. The summed E-state index contributed by atoms with van der Waals surface area (Å²) in [6.45, 7) is 4.13. The van der Waals surface area contributed by atoms with E-state index in [9.17, 15) is 9.59 Å². The number of fused-ring (bicyclic) bond motifs is 1. The maximum absolute atomic E-state index is 12.9. The zero-order chi connectivity index (χ0) is 15.7. The Bertz CT molecular complexity index is 753. The van der Waals surface area contributed by atoms with E-state index in [2.05, 4.69) is 5.32 Å². The Hall–Kier alpha value is -2.62. The van der Waals surface area contributed by atoms with Crippen molar-refractivity contribution < 1.29 is 9.59 Å². The van der Waals surface area contributed by atoms with E-state index >= 15 is 0 Å². The van der Waals surface area contributed by atoms with Crippen LogP contribution in [-0.2, 0) is 11.2 Å². The molecular weight excluding hydrogens is 276 g/mol. The molecule has 1 aliphatic rings. The highest BCUT2D eigenvalue weighted by molar-refractivity contribution is 6.22. The lowest BCUT2D eigenvalue weighted by atomic mass is 10.1. The molecule has 112 valence electrons. The number of benzene rings is 2. The first-order chi connectivity index (χ1) is 10.6. The van der Waals surface area contributed by atoms with Gasteiger partial charge >= 0.3 is 0 Å². The normalized spacial score (nSPS) is 12.5. The van der Waals surface area contributed by atoms with Gasteiger partial charge in [0.25, 0.3) is 5.91 Å². The number of nitrogens with zero attached hydrogens (tertiary/aromatic N) is 1. The molecule has 4 heteroatoms. The molecule has 4 nitrogen and oxygen atoms in total. The topological polar surface area (TPSA) is 49.4 Å². The first-order valence-electron chi connectivity index (χ1n) is 7.36. The summed E-state index contributed by atoms with van der Waals surface area (Å²) in [5.74, 6) is -0.567. The standard InChI is InChI=1S/C18H18N2O2/c1-12-6-3-4-8-15(12)18(22)20(13(2)21)16-9-5-7-14-10-11-19-17(14)16/h3-9,19H,10-11H2,1-2H3. The predicted octanol–water partition coefficient (Wildman–Crippen LogP) is 3.16. The molecule has 0 atom stereocenters. The third-order valence-corrected chi connectivity index (χ3v) is 3.96. The van der Waals surface area contributed by atoms with Gasteiger partial charge in [-0.05, 0) is 36.6 Å². The summed E-state index contributed by atoms with van der Waals surface area (Å²) in [5.41, 5.74) is 4.07. The average molecular weight is 294 g/mol. The fourth-order valence-electron chi connectivity index (χ4n) is 2.86. The molecule has 1 heterocycles. The maximum Gasteiger partial charge on any atom is 0.265 e. The number of aryl methyl sites for hydroxylation is 1. The van der Waals surface area contributed by atoms with Gasteiger partial charge in [-0.25, -0.2) is 4.90 Å². The molecule has 0 saturated heterocycles. The summed E-state index contributed by atoms with van der Waals surface area (Å²) in [4.78, 5) is 26.3. The van der Waals surface area contributed by atoms with Crippen molar-refractivity contribution in [1.82, 2.24) is 0 Å². The van der Waals surface area contributed by atoms with Crippen LogP contribution >= 0.6 is 0 Å². The van der Waals surface area contributed by atoms with E-state index in [0.717, 1.165) is 29.8 Å². The number of nitrogens with one attached hydrogen (secondary N) is 1. The van der Waals surface area contributed by atoms with Crippen LogP contribution in [0.15, 0.2) is 42.5 Å². The molecule has 0 radical (unpaired) electrons. The van der Waals surface area contributed by atoms with Crippen LogP contribution in [0.5, 0.6) is 0 Å². The number of imide groups is 1. The summed E-state index contributed by atoms with van der Waals surface area (Å²) >= 11 is 0. The van der Waals surface area contributed by atoms with Crippen LogP contribution < -0.4 is 10.2 Å². The molecule has 0 unspecified atom stereocenters. The molecule has 2 aromatic carbocycles. The van der Waals surface area contributed by atoms with Crippen molar-refractivity contribution in [3.63, 3.8) is 0 Å². The van der Waals surface area contributed by atoms with E-state index in [-0.39, 0.29) is 11.8 Å². The van der Waals surface area contributed by atoms with Gasteiger partial charge in [-0.1, -0.05) is 30.3 Å². The highest BCUT2D eigenvalue weighted by atomic mass is 16.2. The van der Waals surface area contributed by atoms with Gasteiger partial charge in [-0.2, -0.15) is 0 Å². The second-order valence-electron chi connectivity index (χ2n) is 5.46. The van der Waals surface area contributed by atoms with Crippen LogP contribution in [0.2, 0.25) is 0 Å². The zero-order valence-corrected chi connectivity index (χ0v) is 12.7. The summed E-state index contributed by atoms with van der Waals surface area (Å²) in [7, 11) is 0. The molecule has 2 aromatic rings. The quantitative estimate of drug-likeness (QED) is 0.925. The molecule has 3 rings (SSSR count). The molecule has 22 heavy (non-hydrogen) atoms. The van der Waals surface area contributed by atoms with E-state index in [1.807, 2.05) is 43.3 Å². The van der Waals surface area contributed by atoms with Crippen LogP contribution in [0.25, 0.3) is 0 Å². The number of para-hydroxylation sites is 1. The van der Waals surface area contributed by atoms with Crippen molar-refractivity contribution in [3.05, 3.63) is 59.2 Å². The number of hydrogen-bond acceptors (Lipinski definition) is 3. The number of carbonyl (C=O) groups excluding carboxylic acids is 2. The molecule has 0 aliphatic carbocycles. The Balaban J connectivity index is 2.09. The fourth-order valence-corrected chi connectivity index (χ4v) is 2.86. The highest BCUT2D eigenvalue weighted by Gasteiger charge is 2.27. The maximum atomic E-state index is 12.9. The molecule has 0 fully saturated rings. The monoisotopic (exact) mass is 294 g/mol. The Kier molecular flexibility index (Phi) is 3.67. The van der Waals surface area contributed by atoms with Gasteiger partial charge in [-0.3, -0.25) is 9.59 Å². The summed E-state index contributed by atoms with van der Waals surface area (Å²) in [6.07, 6.45) is 0.910. The summed E-state index contributed by atoms with van der Waals surface area (Å²) in [5, 5.41) is 3.28. The number of rotatable bonds is 2. The number of amides is 2. The summed E-state index contributed by atoms with van der Waals surface area (Å²) < 4.78 is 0. The SMILES string of the molecule is CC(=O)N(C(=O)c1ccccc1C)c1cccc2c1NCC2. The van der Waals surface area contributed by atoms with Crippen molar-refractivity contribution in [2.45, 2.75) is 20.3 Å². The zero-order valence-electron chi connectivity index (χ0n) is 12.7. The van der Waals surface area contributed by atoms with Gasteiger partial charge in [-0.15, -0.1) is 0 Å². The van der Waals surface area contributed by atoms with Crippen molar-refractivity contribution in [3.8, 4) is 0 Å². The smallest absolute Gasteiger partial charge is 0.265 e. The highest BCUT2D eigenvalue weighted by Crippen LogP contribution is 2.34. The molecule has 0 saturated carbocycles. The van der Waals surface area contributed by atoms with E-state index in [0.29, 0.717) is 11.3 Å². The van der Waals surface area contributed by atoms with E-state index in [1.54, 1.807) is 6.07 Å². The van der Waals surface area contributed by atoms with Crippen LogP contribution in [-0.4, -0.2) is 18.4 Å². The second kappa shape index (κ2) is 5.64. The molecular formula is C18H18N2O2. The largest absolute Gasteiger partial charge is 0.383 e. The van der Waals surface area contributed by atoms with E-state index < -0.39 is 0 Å². The number of anilines is 2. The summed E-state index contributed by atoms with van der Waals surface area (Å²) in [6, 6.07) is 13.0. The van der Waals surface area contributed by atoms with Crippen molar-refractivity contribution in [2.75, 3.05) is 16.8 Å². The molecule has 0 aromatic heterocycles. The number of carbonyl (C=O) groups is 2. The van der Waals surface area contributed by atoms with Gasteiger partial charge in [0.05, 0.1) is 11.4 Å². The Morgan fingerprint density at radius 3 is 2.59 bits per heavy atom. The van der Waals surface area contributed by atoms with Crippen LogP contribution in [0.1, 0.15) is 28.4 Å². The first kappa shape index (κ1) is 14.3. The number of hydrogen-bond donors (Lipinski definition) is 1. The minimum atomic E-state index is -0.285. The predicted molar refractivity (Wildman–Crippen MR) is 87.3 cm³/mol. The average Bonchev–Trinajstić information content (AvgIpc) is 2.96. The van der Waals surface area contributed by atoms with Crippen LogP contribution in [0.3, 0.4) is 0 Å². The van der Waals surface area contributed by atoms with Gasteiger partial charge < -0.3 is 5.32 Å². The van der Waals surface area contributed by atoms with Gasteiger partial charge in [0, 0.05) is 19.0 Å². The second-order valence-corrected chi connectivity index (χ2v) is 5.46. The van der Waals surface area contributed by atoms with E-state index in [4.69, 9.17) is 0 Å². The Morgan fingerprint density at radius 1 is 1.09 bits per heavy atom. The molecule has 2 amide bonds.